The molecule has 0 spiro atoms. The van der Waals surface area contributed by atoms with Gasteiger partial charge in [0.05, 0.1) is 5.69 Å². The van der Waals surface area contributed by atoms with Crippen molar-refractivity contribution in [2.24, 2.45) is 10.7 Å². The lowest BCUT2D eigenvalue weighted by Gasteiger charge is -1.95. The third-order valence-electron chi connectivity index (χ3n) is 1.26. The number of nitrogens with two attached hydrogens (primary N) is 1. The van der Waals surface area contributed by atoms with Gasteiger partial charge in [0, 0.05) is 0 Å². The van der Waals surface area contributed by atoms with E-state index in [1.807, 2.05) is 6.26 Å². The molecular formula is C8H10FIN2S. The molecule has 0 aliphatic heterocycles. The lowest BCUT2D eigenvalue weighted by Crippen LogP contribution is -2.04. The molecule has 1 aromatic carbocycles. The van der Waals surface area contributed by atoms with Crippen LogP contribution in [0.2, 0.25) is 0 Å². The highest BCUT2D eigenvalue weighted by molar-refractivity contribution is 14.0. The lowest BCUT2D eigenvalue weighted by atomic mass is 10.3. The molecule has 2 nitrogen and oxygen atoms in total. The molecule has 0 atom stereocenters. The van der Waals surface area contributed by atoms with Crippen molar-refractivity contribution < 1.29 is 4.39 Å². The van der Waals surface area contributed by atoms with E-state index in [0.29, 0.717) is 10.9 Å². The fourth-order valence-corrected chi connectivity index (χ4v) is 0.915. The molecule has 72 valence electrons. The first kappa shape index (κ1) is 12.7. The Morgan fingerprint density at radius 3 is 2.77 bits per heavy atom. The molecule has 1 rings (SSSR count). The van der Waals surface area contributed by atoms with E-state index in [1.54, 1.807) is 12.1 Å². The molecule has 0 aliphatic carbocycles. The molecule has 0 saturated carbocycles. The SMILES string of the molecule is CSC(N)=Nc1cccc(F)c1.I. The van der Waals surface area contributed by atoms with Gasteiger partial charge in [-0.1, -0.05) is 17.8 Å². The van der Waals surface area contributed by atoms with Crippen LogP contribution in [0.3, 0.4) is 0 Å². The van der Waals surface area contributed by atoms with Gasteiger partial charge in [-0.15, -0.1) is 24.0 Å². The van der Waals surface area contributed by atoms with Crippen LogP contribution in [0.4, 0.5) is 10.1 Å². The topological polar surface area (TPSA) is 38.4 Å². The van der Waals surface area contributed by atoms with Gasteiger partial charge in [-0.05, 0) is 24.5 Å². The number of aliphatic imine (C=N–C) groups is 1. The van der Waals surface area contributed by atoms with Crippen molar-refractivity contribution in [1.82, 2.24) is 0 Å². The third kappa shape index (κ3) is 4.47. The van der Waals surface area contributed by atoms with Crippen LogP contribution in [0.15, 0.2) is 29.3 Å². The fraction of sp³-hybridized carbons (Fsp3) is 0.125. The molecule has 0 amide bonds. The number of hydrogen-bond acceptors (Lipinski definition) is 2. The number of nitrogens with zero attached hydrogens (tertiary/aromatic N) is 1. The van der Waals surface area contributed by atoms with E-state index < -0.39 is 0 Å². The molecule has 1 aromatic rings. The van der Waals surface area contributed by atoms with Gasteiger partial charge in [-0.3, -0.25) is 0 Å². The molecule has 0 heterocycles. The summed E-state index contributed by atoms with van der Waals surface area (Å²) in [4.78, 5) is 3.96. The van der Waals surface area contributed by atoms with E-state index in [-0.39, 0.29) is 29.8 Å². The molecule has 5 heteroatoms. The first-order valence-corrected chi connectivity index (χ1v) is 4.58. The minimum absolute atomic E-state index is 0. The average molecular weight is 312 g/mol. The quantitative estimate of drug-likeness (QED) is 0.492. The molecule has 13 heavy (non-hydrogen) atoms. The molecule has 0 fully saturated rings. The average Bonchev–Trinajstić information content (AvgIpc) is 2.04. The van der Waals surface area contributed by atoms with Crippen LogP contribution in [0.5, 0.6) is 0 Å². The van der Waals surface area contributed by atoms with E-state index in [0.717, 1.165) is 0 Å². The third-order valence-corrected chi connectivity index (χ3v) is 1.77. The summed E-state index contributed by atoms with van der Waals surface area (Å²) >= 11 is 1.33. The zero-order valence-corrected chi connectivity index (χ0v) is 10.2. The van der Waals surface area contributed by atoms with Gasteiger partial charge in [-0.2, -0.15) is 0 Å². The van der Waals surface area contributed by atoms with Crippen LogP contribution in [-0.2, 0) is 0 Å². The van der Waals surface area contributed by atoms with Crippen molar-refractivity contribution >= 4 is 46.6 Å². The number of rotatable bonds is 1. The monoisotopic (exact) mass is 312 g/mol. The van der Waals surface area contributed by atoms with Gasteiger partial charge in [0.25, 0.3) is 0 Å². The van der Waals surface area contributed by atoms with Gasteiger partial charge in [0.15, 0.2) is 5.17 Å². The number of amidine groups is 1. The maximum absolute atomic E-state index is 12.6. The van der Waals surface area contributed by atoms with Crippen LogP contribution < -0.4 is 5.73 Å². The molecule has 0 saturated heterocycles. The van der Waals surface area contributed by atoms with Crippen molar-refractivity contribution in [1.29, 1.82) is 0 Å². The van der Waals surface area contributed by atoms with Gasteiger partial charge >= 0.3 is 0 Å². The highest BCUT2D eigenvalue weighted by Crippen LogP contribution is 2.13. The maximum Gasteiger partial charge on any atom is 0.158 e. The van der Waals surface area contributed by atoms with Gasteiger partial charge in [-0.25, -0.2) is 9.38 Å². The Labute approximate surface area is 97.8 Å². The summed E-state index contributed by atoms with van der Waals surface area (Å²) in [7, 11) is 0. The van der Waals surface area contributed by atoms with Crippen LogP contribution in [0.1, 0.15) is 0 Å². The predicted molar refractivity (Wildman–Crippen MR) is 66.6 cm³/mol. The summed E-state index contributed by atoms with van der Waals surface area (Å²) < 4.78 is 12.6. The lowest BCUT2D eigenvalue weighted by molar-refractivity contribution is 0.628. The molecule has 0 unspecified atom stereocenters. The van der Waals surface area contributed by atoms with Gasteiger partial charge < -0.3 is 5.73 Å². The first-order chi connectivity index (χ1) is 5.72. The number of thioether (sulfide) groups is 1. The molecule has 2 N–H and O–H groups in total. The Hall–Kier alpha value is -0.300. The largest absolute Gasteiger partial charge is 0.378 e. The Morgan fingerprint density at radius 2 is 2.23 bits per heavy atom. The summed E-state index contributed by atoms with van der Waals surface area (Å²) in [6.07, 6.45) is 1.82. The van der Waals surface area contributed by atoms with Crippen molar-refractivity contribution in [2.75, 3.05) is 6.26 Å². The van der Waals surface area contributed by atoms with Crippen molar-refractivity contribution in [3.8, 4) is 0 Å². The van der Waals surface area contributed by atoms with E-state index in [4.69, 9.17) is 5.73 Å². The van der Waals surface area contributed by atoms with Crippen molar-refractivity contribution in [3.05, 3.63) is 30.1 Å². The molecular weight excluding hydrogens is 302 g/mol. The Morgan fingerprint density at radius 1 is 1.54 bits per heavy atom. The number of benzene rings is 1. The Kier molecular flexibility index (Phi) is 6.06. The zero-order chi connectivity index (χ0) is 8.97. The fourth-order valence-electron chi connectivity index (χ4n) is 0.719. The van der Waals surface area contributed by atoms with Crippen LogP contribution in [0.25, 0.3) is 0 Å². The minimum Gasteiger partial charge on any atom is -0.378 e. The van der Waals surface area contributed by atoms with E-state index >= 15 is 0 Å². The predicted octanol–water partition coefficient (Wildman–Crippen LogP) is 2.75. The van der Waals surface area contributed by atoms with Gasteiger partial charge in [0.1, 0.15) is 5.82 Å². The van der Waals surface area contributed by atoms with Crippen LogP contribution >= 0.6 is 35.7 Å². The molecule has 0 aliphatic rings. The maximum atomic E-state index is 12.6. The Balaban J connectivity index is 0.00000144. The molecule has 0 radical (unpaired) electrons. The zero-order valence-electron chi connectivity index (χ0n) is 7.03. The highest BCUT2D eigenvalue weighted by Gasteiger charge is 1.93. The minimum atomic E-state index is -0.301. The normalized spacial score (nSPS) is 10.8. The summed E-state index contributed by atoms with van der Waals surface area (Å²) in [5.41, 5.74) is 5.99. The van der Waals surface area contributed by atoms with Crippen LogP contribution in [0, 0.1) is 5.82 Å². The van der Waals surface area contributed by atoms with Crippen LogP contribution in [-0.4, -0.2) is 11.4 Å². The van der Waals surface area contributed by atoms with Gasteiger partial charge in [0.2, 0.25) is 0 Å². The van der Waals surface area contributed by atoms with Crippen molar-refractivity contribution in [3.63, 3.8) is 0 Å². The smallest absolute Gasteiger partial charge is 0.158 e. The van der Waals surface area contributed by atoms with E-state index in [9.17, 15) is 4.39 Å². The summed E-state index contributed by atoms with van der Waals surface area (Å²) in [5.74, 6) is -0.301. The number of halogens is 2. The van der Waals surface area contributed by atoms with E-state index in [2.05, 4.69) is 4.99 Å². The standard InChI is InChI=1S/C8H9FN2S.HI/c1-12-8(10)11-7-4-2-3-6(9)5-7;/h2-5H,1H3,(H2,10,11);1H. The molecule has 0 bridgehead atoms. The number of hydrogen-bond donors (Lipinski definition) is 1. The molecule has 0 aromatic heterocycles. The summed E-state index contributed by atoms with van der Waals surface area (Å²) in [5, 5.41) is 0.431. The highest BCUT2D eigenvalue weighted by atomic mass is 127. The van der Waals surface area contributed by atoms with Crippen molar-refractivity contribution in [2.45, 2.75) is 0 Å². The second-order valence-corrected chi connectivity index (χ2v) is 2.96. The second kappa shape index (κ2) is 6.20. The summed E-state index contributed by atoms with van der Waals surface area (Å²) in [6, 6.07) is 6.01. The first-order valence-electron chi connectivity index (χ1n) is 3.36. The summed E-state index contributed by atoms with van der Waals surface area (Å²) in [6.45, 7) is 0. The Bertz CT molecular complexity index is 304. The van der Waals surface area contributed by atoms with E-state index in [1.165, 1.54) is 23.9 Å². The second-order valence-electron chi connectivity index (χ2n) is 2.13.